The number of likely N-dealkylation sites (tertiary alicyclic amines) is 1. The van der Waals surface area contributed by atoms with Crippen molar-refractivity contribution in [2.24, 2.45) is 5.92 Å². The molecule has 0 aromatic heterocycles. The van der Waals surface area contributed by atoms with Crippen LogP contribution in [0.2, 0.25) is 0 Å². The van der Waals surface area contributed by atoms with Crippen molar-refractivity contribution >= 4 is 6.03 Å². The summed E-state index contributed by atoms with van der Waals surface area (Å²) in [6.45, 7) is 7.43. The maximum absolute atomic E-state index is 12.3. The molecule has 3 rings (SSSR count). The fraction of sp³-hybridized carbons (Fsp3) is 0.632. The number of amides is 2. The van der Waals surface area contributed by atoms with E-state index in [1.54, 1.807) is 0 Å². The molecular formula is C19H29N3O2. The zero-order chi connectivity index (χ0) is 17.1. The summed E-state index contributed by atoms with van der Waals surface area (Å²) in [5.41, 5.74) is 2.14. The second-order valence-electron chi connectivity index (χ2n) is 7.47. The number of piperidine rings is 1. The monoisotopic (exact) mass is 331 g/mol. The number of nitrogens with zero attached hydrogens (tertiary/aromatic N) is 1. The summed E-state index contributed by atoms with van der Waals surface area (Å²) < 4.78 is 0. The third kappa shape index (κ3) is 4.08. The highest BCUT2D eigenvalue weighted by Gasteiger charge is 2.32. The molecule has 0 saturated carbocycles. The van der Waals surface area contributed by atoms with Gasteiger partial charge in [0.05, 0.1) is 12.1 Å². The second kappa shape index (κ2) is 7.53. The van der Waals surface area contributed by atoms with Gasteiger partial charge in [-0.3, -0.25) is 0 Å². The maximum Gasteiger partial charge on any atom is 0.315 e. The van der Waals surface area contributed by atoms with Gasteiger partial charge in [-0.1, -0.05) is 31.2 Å². The predicted molar refractivity (Wildman–Crippen MR) is 94.9 cm³/mol. The van der Waals surface area contributed by atoms with Crippen LogP contribution in [0.25, 0.3) is 0 Å². The Bertz CT molecular complexity index is 577. The average Bonchev–Trinajstić information content (AvgIpc) is 2.83. The topological polar surface area (TPSA) is 64.6 Å². The van der Waals surface area contributed by atoms with Crippen molar-refractivity contribution in [1.29, 1.82) is 0 Å². The molecule has 1 fully saturated rings. The van der Waals surface area contributed by atoms with Crippen LogP contribution in [0.5, 0.6) is 0 Å². The molecule has 1 aromatic rings. The number of aliphatic hydroxyl groups excluding tert-OH is 1. The van der Waals surface area contributed by atoms with E-state index in [2.05, 4.69) is 22.5 Å². The van der Waals surface area contributed by atoms with E-state index < -0.39 is 6.10 Å². The van der Waals surface area contributed by atoms with Gasteiger partial charge in [0.2, 0.25) is 0 Å². The van der Waals surface area contributed by atoms with Gasteiger partial charge in [-0.2, -0.15) is 0 Å². The highest BCUT2D eigenvalue weighted by atomic mass is 16.3. The number of urea groups is 1. The van der Waals surface area contributed by atoms with Gasteiger partial charge in [-0.05, 0) is 43.4 Å². The van der Waals surface area contributed by atoms with Crippen molar-refractivity contribution in [2.75, 3.05) is 19.6 Å². The van der Waals surface area contributed by atoms with Gasteiger partial charge in [0.1, 0.15) is 0 Å². The summed E-state index contributed by atoms with van der Waals surface area (Å²) in [6.07, 6.45) is 2.59. The molecule has 0 bridgehead atoms. The quantitative estimate of drug-likeness (QED) is 0.791. The molecule has 1 aliphatic carbocycles. The highest BCUT2D eigenvalue weighted by Crippen LogP contribution is 2.31. The molecule has 0 radical (unpaired) electrons. The van der Waals surface area contributed by atoms with Gasteiger partial charge in [0.25, 0.3) is 0 Å². The van der Waals surface area contributed by atoms with E-state index in [1.165, 1.54) is 12.8 Å². The molecule has 4 atom stereocenters. The summed E-state index contributed by atoms with van der Waals surface area (Å²) in [7, 11) is 0. The van der Waals surface area contributed by atoms with Crippen LogP contribution >= 0.6 is 0 Å². The summed E-state index contributed by atoms with van der Waals surface area (Å²) in [5, 5.41) is 16.2. The molecule has 1 saturated heterocycles. The number of fused-ring (bicyclic) bond motifs is 1. The van der Waals surface area contributed by atoms with Gasteiger partial charge in [0.15, 0.2) is 0 Å². The minimum atomic E-state index is -0.550. The van der Waals surface area contributed by atoms with Crippen LogP contribution in [-0.4, -0.2) is 47.8 Å². The molecular weight excluding hydrogens is 302 g/mol. The molecule has 5 nitrogen and oxygen atoms in total. The Morgan fingerprint density at radius 2 is 2.21 bits per heavy atom. The molecule has 2 aliphatic rings. The molecule has 24 heavy (non-hydrogen) atoms. The predicted octanol–water partition coefficient (Wildman–Crippen LogP) is 2.06. The molecule has 1 heterocycles. The molecule has 1 aliphatic heterocycles. The van der Waals surface area contributed by atoms with Crippen molar-refractivity contribution < 1.29 is 9.90 Å². The Kier molecular flexibility index (Phi) is 5.41. The lowest BCUT2D eigenvalue weighted by Crippen LogP contribution is -2.49. The zero-order valence-electron chi connectivity index (χ0n) is 14.7. The van der Waals surface area contributed by atoms with Crippen LogP contribution in [0.4, 0.5) is 4.79 Å². The Morgan fingerprint density at radius 1 is 1.42 bits per heavy atom. The van der Waals surface area contributed by atoms with E-state index >= 15 is 0 Å². The number of carbonyl (C=O) groups is 1. The first-order valence-electron chi connectivity index (χ1n) is 9.08. The second-order valence-corrected chi connectivity index (χ2v) is 7.47. The van der Waals surface area contributed by atoms with Crippen molar-refractivity contribution in [3.63, 3.8) is 0 Å². The van der Waals surface area contributed by atoms with Crippen LogP contribution in [0.15, 0.2) is 24.3 Å². The highest BCUT2D eigenvalue weighted by molar-refractivity contribution is 5.75. The van der Waals surface area contributed by atoms with E-state index in [-0.39, 0.29) is 18.1 Å². The Labute approximate surface area is 144 Å². The fourth-order valence-electron chi connectivity index (χ4n) is 4.04. The Morgan fingerprint density at radius 3 is 3.00 bits per heavy atom. The summed E-state index contributed by atoms with van der Waals surface area (Å²) in [6, 6.07) is 7.48. The number of rotatable bonds is 4. The molecule has 132 valence electrons. The zero-order valence-corrected chi connectivity index (χ0v) is 14.7. The summed E-state index contributed by atoms with van der Waals surface area (Å²) in [5.74, 6) is 0.741. The van der Waals surface area contributed by atoms with Gasteiger partial charge in [-0.25, -0.2) is 4.79 Å². The van der Waals surface area contributed by atoms with Crippen LogP contribution in [0.1, 0.15) is 43.9 Å². The number of hydrogen-bond acceptors (Lipinski definition) is 3. The van der Waals surface area contributed by atoms with Crippen molar-refractivity contribution in [2.45, 2.75) is 51.3 Å². The normalized spacial score (nSPS) is 28.2. The molecule has 3 N–H and O–H groups in total. The van der Waals surface area contributed by atoms with Crippen molar-refractivity contribution in [1.82, 2.24) is 15.5 Å². The SMILES string of the molecule is CC1CCCN(CC(C)NC(=O)NC2c3ccccc3CC2O)C1. The van der Waals surface area contributed by atoms with Crippen molar-refractivity contribution in [3.8, 4) is 0 Å². The molecule has 5 heteroatoms. The van der Waals surface area contributed by atoms with E-state index in [0.29, 0.717) is 6.42 Å². The number of hydrogen-bond donors (Lipinski definition) is 3. The largest absolute Gasteiger partial charge is 0.390 e. The van der Waals surface area contributed by atoms with Crippen LogP contribution in [0.3, 0.4) is 0 Å². The Balaban J connectivity index is 1.50. The maximum atomic E-state index is 12.3. The summed E-state index contributed by atoms with van der Waals surface area (Å²) in [4.78, 5) is 14.7. The Hall–Kier alpha value is -1.59. The van der Waals surface area contributed by atoms with E-state index in [9.17, 15) is 9.90 Å². The first-order valence-corrected chi connectivity index (χ1v) is 9.08. The van der Waals surface area contributed by atoms with Gasteiger partial charge in [0, 0.05) is 25.6 Å². The first kappa shape index (κ1) is 17.2. The number of nitrogens with one attached hydrogen (secondary N) is 2. The van der Waals surface area contributed by atoms with E-state index in [0.717, 1.165) is 36.7 Å². The third-order valence-electron chi connectivity index (χ3n) is 5.14. The van der Waals surface area contributed by atoms with E-state index in [1.807, 2.05) is 31.2 Å². The van der Waals surface area contributed by atoms with Crippen LogP contribution in [0, 0.1) is 5.92 Å². The smallest absolute Gasteiger partial charge is 0.315 e. The molecule has 4 unspecified atom stereocenters. The first-order chi connectivity index (χ1) is 11.5. The summed E-state index contributed by atoms with van der Waals surface area (Å²) >= 11 is 0. The fourth-order valence-corrected chi connectivity index (χ4v) is 4.04. The molecule has 0 spiro atoms. The molecule has 2 amide bonds. The lowest BCUT2D eigenvalue weighted by Gasteiger charge is -2.33. The van der Waals surface area contributed by atoms with Gasteiger partial charge in [-0.15, -0.1) is 0 Å². The molecule has 1 aromatic carbocycles. The van der Waals surface area contributed by atoms with Crippen LogP contribution < -0.4 is 10.6 Å². The van der Waals surface area contributed by atoms with Gasteiger partial charge >= 0.3 is 6.03 Å². The number of benzene rings is 1. The average molecular weight is 331 g/mol. The van der Waals surface area contributed by atoms with Crippen molar-refractivity contribution in [3.05, 3.63) is 35.4 Å². The van der Waals surface area contributed by atoms with E-state index in [4.69, 9.17) is 0 Å². The van der Waals surface area contributed by atoms with Crippen LogP contribution in [-0.2, 0) is 6.42 Å². The minimum absolute atomic E-state index is 0.0871. The number of aliphatic hydroxyl groups is 1. The lowest BCUT2D eigenvalue weighted by atomic mass is 10.00. The number of carbonyl (C=O) groups excluding carboxylic acids is 1. The third-order valence-corrected chi connectivity index (χ3v) is 5.14. The van der Waals surface area contributed by atoms with Gasteiger partial charge < -0.3 is 20.6 Å². The standard InChI is InChI=1S/C19H29N3O2/c1-13-6-5-9-22(11-13)12-14(2)20-19(24)21-18-16-8-4-3-7-15(16)10-17(18)23/h3-4,7-8,13-14,17-18,23H,5-6,9-12H2,1-2H3,(H2,20,21,24). The minimum Gasteiger partial charge on any atom is -0.390 e. The lowest BCUT2D eigenvalue weighted by molar-refractivity contribution is 0.140.